The summed E-state index contributed by atoms with van der Waals surface area (Å²) >= 11 is 0. The third-order valence-corrected chi connectivity index (χ3v) is 0.957. The first kappa shape index (κ1) is 9.87. The van der Waals surface area contributed by atoms with Gasteiger partial charge in [0.25, 0.3) is 0 Å². The van der Waals surface area contributed by atoms with E-state index in [2.05, 4.69) is 10.5 Å². The largest absolute Gasteiger partial charge is 0.317 e. The molecule has 0 unspecified atom stereocenters. The van der Waals surface area contributed by atoms with Crippen molar-refractivity contribution in [1.82, 2.24) is 5.32 Å². The molecule has 1 fully saturated rings. The first-order chi connectivity index (χ1) is 4.50. The molecule has 1 heterocycles. The molecule has 1 saturated heterocycles. The SMILES string of the molecule is C1CCNC1.CS(N)(=O)=O. The van der Waals surface area contributed by atoms with E-state index in [1.54, 1.807) is 0 Å². The highest BCUT2D eigenvalue weighted by Crippen LogP contribution is 1.90. The van der Waals surface area contributed by atoms with E-state index in [4.69, 9.17) is 0 Å². The van der Waals surface area contributed by atoms with E-state index in [9.17, 15) is 8.42 Å². The lowest BCUT2D eigenvalue weighted by Gasteiger charge is -1.76. The Labute approximate surface area is 61.8 Å². The minimum atomic E-state index is -3.17. The molecule has 0 aromatic rings. The molecule has 0 spiro atoms. The second kappa shape index (κ2) is 4.65. The lowest BCUT2D eigenvalue weighted by molar-refractivity contribution is 0.603. The maximum Gasteiger partial charge on any atom is 0.206 e. The van der Waals surface area contributed by atoms with Crippen LogP contribution in [0.2, 0.25) is 0 Å². The fraction of sp³-hybridized carbons (Fsp3) is 1.00. The van der Waals surface area contributed by atoms with E-state index in [1.807, 2.05) is 0 Å². The Morgan fingerprint density at radius 3 is 1.70 bits per heavy atom. The van der Waals surface area contributed by atoms with Gasteiger partial charge in [-0.15, -0.1) is 0 Å². The van der Waals surface area contributed by atoms with Crippen LogP contribution in [0.15, 0.2) is 0 Å². The molecule has 5 heteroatoms. The third-order valence-electron chi connectivity index (χ3n) is 0.957. The summed E-state index contributed by atoms with van der Waals surface area (Å²) in [7, 11) is -3.17. The minimum Gasteiger partial charge on any atom is -0.317 e. The van der Waals surface area contributed by atoms with E-state index in [0.717, 1.165) is 6.26 Å². The molecule has 10 heavy (non-hydrogen) atoms. The molecule has 0 aliphatic carbocycles. The summed E-state index contributed by atoms with van der Waals surface area (Å²) in [4.78, 5) is 0. The Kier molecular flexibility index (Phi) is 4.59. The van der Waals surface area contributed by atoms with Gasteiger partial charge in [0, 0.05) is 0 Å². The zero-order chi connectivity index (χ0) is 8.04. The maximum atomic E-state index is 9.41. The Balaban J connectivity index is 0.000000162. The molecule has 0 aromatic heterocycles. The lowest BCUT2D eigenvalue weighted by Crippen LogP contribution is -2.07. The molecule has 1 aliphatic rings. The summed E-state index contributed by atoms with van der Waals surface area (Å²) in [5.74, 6) is 0. The fourth-order valence-corrected chi connectivity index (χ4v) is 0.625. The smallest absolute Gasteiger partial charge is 0.206 e. The number of rotatable bonds is 0. The van der Waals surface area contributed by atoms with Crippen molar-refractivity contribution in [2.45, 2.75) is 12.8 Å². The van der Waals surface area contributed by atoms with E-state index in [-0.39, 0.29) is 0 Å². The van der Waals surface area contributed by atoms with Gasteiger partial charge >= 0.3 is 0 Å². The van der Waals surface area contributed by atoms with Crippen molar-refractivity contribution in [2.75, 3.05) is 19.3 Å². The molecule has 3 N–H and O–H groups in total. The van der Waals surface area contributed by atoms with Gasteiger partial charge in [-0.3, -0.25) is 0 Å². The minimum absolute atomic E-state index is 0.938. The van der Waals surface area contributed by atoms with Gasteiger partial charge in [-0.1, -0.05) is 0 Å². The molecule has 0 bridgehead atoms. The van der Waals surface area contributed by atoms with Crippen LogP contribution < -0.4 is 10.5 Å². The Morgan fingerprint density at radius 2 is 1.60 bits per heavy atom. The van der Waals surface area contributed by atoms with Gasteiger partial charge in [0.1, 0.15) is 0 Å². The number of hydrogen-bond acceptors (Lipinski definition) is 3. The van der Waals surface area contributed by atoms with E-state index >= 15 is 0 Å². The number of primary sulfonamides is 1. The predicted octanol–water partition coefficient (Wildman–Crippen LogP) is -0.725. The predicted molar refractivity (Wildman–Crippen MR) is 41.1 cm³/mol. The quantitative estimate of drug-likeness (QED) is 0.498. The van der Waals surface area contributed by atoms with Crippen LogP contribution in [-0.2, 0) is 10.0 Å². The maximum absolute atomic E-state index is 9.41. The topological polar surface area (TPSA) is 72.2 Å². The van der Waals surface area contributed by atoms with Crippen LogP contribution in [-0.4, -0.2) is 27.8 Å². The highest BCUT2D eigenvalue weighted by atomic mass is 32.2. The van der Waals surface area contributed by atoms with Crippen LogP contribution in [0, 0.1) is 0 Å². The second-order valence-electron chi connectivity index (χ2n) is 2.29. The molecular weight excluding hydrogens is 152 g/mol. The van der Waals surface area contributed by atoms with Crippen LogP contribution in [0.25, 0.3) is 0 Å². The van der Waals surface area contributed by atoms with Crippen LogP contribution >= 0.6 is 0 Å². The molecule has 0 atom stereocenters. The summed E-state index contributed by atoms with van der Waals surface area (Å²) in [6.45, 7) is 2.50. The monoisotopic (exact) mass is 166 g/mol. The number of hydrogen-bond donors (Lipinski definition) is 2. The first-order valence-corrected chi connectivity index (χ1v) is 5.14. The van der Waals surface area contributed by atoms with Crippen molar-refractivity contribution >= 4 is 10.0 Å². The Bertz CT molecular complexity index is 145. The van der Waals surface area contributed by atoms with Crippen molar-refractivity contribution in [3.63, 3.8) is 0 Å². The van der Waals surface area contributed by atoms with Crippen LogP contribution in [0.3, 0.4) is 0 Å². The zero-order valence-corrected chi connectivity index (χ0v) is 6.95. The normalized spacial score (nSPS) is 17.8. The second-order valence-corrected chi connectivity index (χ2v) is 3.95. The van der Waals surface area contributed by atoms with Crippen molar-refractivity contribution in [3.8, 4) is 0 Å². The van der Waals surface area contributed by atoms with E-state index in [1.165, 1.54) is 25.9 Å². The van der Waals surface area contributed by atoms with E-state index < -0.39 is 10.0 Å². The van der Waals surface area contributed by atoms with Gasteiger partial charge in [0.05, 0.1) is 6.26 Å². The lowest BCUT2D eigenvalue weighted by atomic mass is 10.4. The Hall–Kier alpha value is -0.130. The molecule has 1 rings (SSSR count). The summed E-state index contributed by atoms with van der Waals surface area (Å²) in [5.41, 5.74) is 0. The van der Waals surface area contributed by atoms with E-state index in [0.29, 0.717) is 0 Å². The summed E-state index contributed by atoms with van der Waals surface area (Å²) in [6, 6.07) is 0. The molecule has 0 saturated carbocycles. The third kappa shape index (κ3) is 15.7. The average molecular weight is 166 g/mol. The molecule has 0 amide bonds. The molecule has 0 aromatic carbocycles. The van der Waals surface area contributed by atoms with Crippen molar-refractivity contribution in [2.24, 2.45) is 5.14 Å². The summed E-state index contributed by atoms with van der Waals surface area (Å²) in [5, 5.41) is 7.55. The number of nitrogens with one attached hydrogen (secondary N) is 1. The standard InChI is InChI=1S/C4H9N.CH5NO2S/c1-2-4-5-3-1;1-5(2,3)4/h5H,1-4H2;1H3,(H2,2,3,4). The first-order valence-electron chi connectivity index (χ1n) is 3.18. The molecule has 1 aliphatic heterocycles. The van der Waals surface area contributed by atoms with Crippen LogP contribution in [0.1, 0.15) is 12.8 Å². The molecule has 62 valence electrons. The molecule has 0 radical (unpaired) electrons. The fourth-order valence-electron chi connectivity index (χ4n) is 0.625. The van der Waals surface area contributed by atoms with Crippen LogP contribution in [0.4, 0.5) is 0 Å². The van der Waals surface area contributed by atoms with Gasteiger partial charge in [-0.05, 0) is 25.9 Å². The van der Waals surface area contributed by atoms with Gasteiger partial charge in [-0.2, -0.15) is 0 Å². The highest BCUT2D eigenvalue weighted by molar-refractivity contribution is 7.88. The Morgan fingerprint density at radius 1 is 1.30 bits per heavy atom. The van der Waals surface area contributed by atoms with Crippen molar-refractivity contribution in [1.29, 1.82) is 0 Å². The molecule has 4 nitrogen and oxygen atoms in total. The van der Waals surface area contributed by atoms with Gasteiger partial charge in [-0.25, -0.2) is 13.6 Å². The summed E-state index contributed by atoms with van der Waals surface area (Å²) in [6.07, 6.45) is 3.72. The van der Waals surface area contributed by atoms with Gasteiger partial charge in [0.2, 0.25) is 10.0 Å². The number of nitrogens with two attached hydrogens (primary N) is 1. The van der Waals surface area contributed by atoms with Crippen LogP contribution in [0.5, 0.6) is 0 Å². The molecular formula is C5H14N2O2S. The average Bonchev–Trinajstić information content (AvgIpc) is 2.07. The zero-order valence-electron chi connectivity index (χ0n) is 6.13. The highest BCUT2D eigenvalue weighted by Gasteiger charge is 1.93. The van der Waals surface area contributed by atoms with Crippen molar-refractivity contribution < 1.29 is 8.42 Å². The van der Waals surface area contributed by atoms with Gasteiger partial charge in [0.15, 0.2) is 0 Å². The summed E-state index contributed by atoms with van der Waals surface area (Å²) < 4.78 is 18.8. The number of sulfonamides is 1. The van der Waals surface area contributed by atoms with Gasteiger partial charge < -0.3 is 5.32 Å². The van der Waals surface area contributed by atoms with Crippen molar-refractivity contribution in [3.05, 3.63) is 0 Å².